The highest BCUT2D eigenvalue weighted by Crippen LogP contribution is 2.25. The average molecular weight is 472 g/mol. The Labute approximate surface area is 194 Å². The fourth-order valence-corrected chi connectivity index (χ4v) is 6.00. The molecule has 0 radical (unpaired) electrons. The molecule has 170 valence electrons. The van der Waals surface area contributed by atoms with Crippen molar-refractivity contribution in [2.24, 2.45) is 0 Å². The standard InChI is InChI=1S/C24H29N3O3S2/c1-31-21-7-5-19(6-8-21)18-25-24(28)12-16-26-15-11-20-17-22(9-10-23(20)26)32(29,30)27-13-3-2-4-14-27/h5-11,15,17H,2-4,12-14,16,18H2,1H3,(H,25,28). The Morgan fingerprint density at radius 1 is 1.03 bits per heavy atom. The van der Waals surface area contributed by atoms with Gasteiger partial charge in [0.1, 0.15) is 0 Å². The van der Waals surface area contributed by atoms with E-state index >= 15 is 0 Å². The summed E-state index contributed by atoms with van der Waals surface area (Å²) in [6, 6.07) is 15.3. The van der Waals surface area contributed by atoms with Gasteiger partial charge in [0, 0.05) is 54.6 Å². The molecular weight excluding hydrogens is 442 g/mol. The van der Waals surface area contributed by atoms with Crippen molar-refractivity contribution in [2.75, 3.05) is 19.3 Å². The Morgan fingerprint density at radius 2 is 1.78 bits per heavy atom. The van der Waals surface area contributed by atoms with Crippen LogP contribution in [-0.2, 0) is 27.9 Å². The molecule has 1 N–H and O–H groups in total. The van der Waals surface area contributed by atoms with Crippen molar-refractivity contribution < 1.29 is 13.2 Å². The number of hydrogen-bond acceptors (Lipinski definition) is 4. The maximum absolute atomic E-state index is 12.9. The Hall–Kier alpha value is -2.29. The predicted molar refractivity (Wildman–Crippen MR) is 129 cm³/mol. The largest absolute Gasteiger partial charge is 0.352 e. The summed E-state index contributed by atoms with van der Waals surface area (Å²) in [4.78, 5) is 13.9. The van der Waals surface area contributed by atoms with Gasteiger partial charge < -0.3 is 9.88 Å². The van der Waals surface area contributed by atoms with Crippen LogP contribution in [0.4, 0.5) is 0 Å². The zero-order valence-electron chi connectivity index (χ0n) is 18.3. The normalized spacial score (nSPS) is 15.2. The smallest absolute Gasteiger partial charge is 0.243 e. The molecule has 0 saturated carbocycles. The number of hydrogen-bond donors (Lipinski definition) is 1. The monoisotopic (exact) mass is 471 g/mol. The van der Waals surface area contributed by atoms with Crippen molar-refractivity contribution in [3.63, 3.8) is 0 Å². The van der Waals surface area contributed by atoms with Crippen LogP contribution < -0.4 is 5.32 Å². The van der Waals surface area contributed by atoms with Crippen molar-refractivity contribution >= 4 is 38.6 Å². The van der Waals surface area contributed by atoms with Crippen LogP contribution in [0.2, 0.25) is 0 Å². The van der Waals surface area contributed by atoms with Crippen molar-refractivity contribution in [2.45, 2.75) is 48.6 Å². The quantitative estimate of drug-likeness (QED) is 0.499. The maximum atomic E-state index is 12.9. The Balaban J connectivity index is 1.37. The van der Waals surface area contributed by atoms with E-state index < -0.39 is 10.0 Å². The van der Waals surface area contributed by atoms with Gasteiger partial charge in [-0.3, -0.25) is 4.79 Å². The number of rotatable bonds is 8. The van der Waals surface area contributed by atoms with Crippen molar-refractivity contribution in [3.05, 3.63) is 60.3 Å². The first-order chi connectivity index (χ1) is 15.5. The molecule has 1 aliphatic heterocycles. The summed E-state index contributed by atoms with van der Waals surface area (Å²) in [7, 11) is -3.45. The Kier molecular flexibility index (Phi) is 7.23. The van der Waals surface area contributed by atoms with Crippen LogP contribution in [0.5, 0.6) is 0 Å². The SMILES string of the molecule is CSc1ccc(CNC(=O)CCn2ccc3cc(S(=O)(=O)N4CCCCC4)ccc32)cc1. The molecule has 2 heterocycles. The molecule has 0 atom stereocenters. The number of thioether (sulfide) groups is 1. The molecule has 0 aliphatic carbocycles. The third-order valence-electron chi connectivity index (χ3n) is 5.92. The van der Waals surface area contributed by atoms with E-state index in [-0.39, 0.29) is 5.91 Å². The van der Waals surface area contributed by atoms with Crippen LogP contribution in [0.3, 0.4) is 0 Å². The number of fused-ring (bicyclic) bond motifs is 1. The molecule has 3 aromatic rings. The lowest BCUT2D eigenvalue weighted by Gasteiger charge is -2.25. The summed E-state index contributed by atoms with van der Waals surface area (Å²) in [6.07, 6.45) is 7.24. The van der Waals surface area contributed by atoms with Crippen molar-refractivity contribution in [3.8, 4) is 0 Å². The van der Waals surface area contributed by atoms with Crippen LogP contribution in [0.1, 0.15) is 31.2 Å². The molecule has 1 saturated heterocycles. The molecule has 6 nitrogen and oxygen atoms in total. The average Bonchev–Trinajstić information content (AvgIpc) is 3.24. The number of aryl methyl sites for hydroxylation is 1. The minimum absolute atomic E-state index is 0.00918. The first-order valence-corrected chi connectivity index (χ1v) is 13.6. The number of carbonyl (C=O) groups excluding carboxylic acids is 1. The zero-order chi connectivity index (χ0) is 22.6. The van der Waals surface area contributed by atoms with Gasteiger partial charge in [-0.05, 0) is 61.1 Å². The fourth-order valence-electron chi connectivity index (χ4n) is 4.04. The number of sulfonamides is 1. The second kappa shape index (κ2) is 10.1. The lowest BCUT2D eigenvalue weighted by molar-refractivity contribution is -0.121. The highest BCUT2D eigenvalue weighted by molar-refractivity contribution is 7.98. The zero-order valence-corrected chi connectivity index (χ0v) is 19.9. The highest BCUT2D eigenvalue weighted by atomic mass is 32.2. The van der Waals surface area contributed by atoms with Gasteiger partial charge in [-0.2, -0.15) is 4.31 Å². The van der Waals surface area contributed by atoms with Gasteiger partial charge in [-0.15, -0.1) is 11.8 Å². The molecule has 2 aromatic carbocycles. The van der Waals surface area contributed by atoms with Gasteiger partial charge in [0.05, 0.1) is 4.90 Å². The van der Waals surface area contributed by atoms with Gasteiger partial charge in [0.15, 0.2) is 0 Å². The molecule has 0 bridgehead atoms. The third-order valence-corrected chi connectivity index (χ3v) is 8.56. The second-order valence-electron chi connectivity index (χ2n) is 8.07. The van der Waals surface area contributed by atoms with Gasteiger partial charge in [0.25, 0.3) is 0 Å². The summed E-state index contributed by atoms with van der Waals surface area (Å²) in [5.41, 5.74) is 2.01. The summed E-state index contributed by atoms with van der Waals surface area (Å²) in [5.74, 6) is -0.00918. The van der Waals surface area contributed by atoms with E-state index in [2.05, 4.69) is 17.4 Å². The minimum atomic E-state index is -3.45. The van der Waals surface area contributed by atoms with Crippen LogP contribution >= 0.6 is 11.8 Å². The molecule has 0 spiro atoms. The molecule has 1 fully saturated rings. The van der Waals surface area contributed by atoms with Gasteiger partial charge in [0.2, 0.25) is 15.9 Å². The summed E-state index contributed by atoms with van der Waals surface area (Å²) in [5, 5.41) is 3.84. The Bertz CT molecular complexity index is 1180. The first-order valence-electron chi connectivity index (χ1n) is 11.0. The van der Waals surface area contributed by atoms with E-state index in [1.54, 1.807) is 28.2 Å². The van der Waals surface area contributed by atoms with Crippen molar-refractivity contribution in [1.29, 1.82) is 0 Å². The van der Waals surface area contributed by atoms with Crippen LogP contribution in [0, 0.1) is 0 Å². The molecule has 0 unspecified atom stereocenters. The maximum Gasteiger partial charge on any atom is 0.243 e. The van der Waals surface area contributed by atoms with Gasteiger partial charge in [-0.1, -0.05) is 18.6 Å². The molecule has 32 heavy (non-hydrogen) atoms. The number of amides is 1. The molecule has 1 aliphatic rings. The van der Waals surface area contributed by atoms with E-state index in [0.29, 0.717) is 37.5 Å². The topological polar surface area (TPSA) is 71.4 Å². The van der Waals surface area contributed by atoms with Crippen molar-refractivity contribution in [1.82, 2.24) is 14.2 Å². The number of nitrogens with one attached hydrogen (secondary N) is 1. The number of nitrogens with zero attached hydrogens (tertiary/aromatic N) is 2. The predicted octanol–water partition coefficient (Wildman–Crippen LogP) is 4.24. The molecule has 4 rings (SSSR count). The number of carbonyl (C=O) groups is 1. The van der Waals surface area contributed by atoms with Gasteiger partial charge >= 0.3 is 0 Å². The molecule has 1 amide bonds. The lowest BCUT2D eigenvalue weighted by Crippen LogP contribution is -2.35. The molecular formula is C24H29N3O3S2. The Morgan fingerprint density at radius 3 is 2.50 bits per heavy atom. The van der Waals surface area contributed by atoms with Crippen LogP contribution in [0.25, 0.3) is 10.9 Å². The summed E-state index contributed by atoms with van der Waals surface area (Å²) >= 11 is 1.69. The van der Waals surface area contributed by atoms with Crippen LogP contribution in [0.15, 0.2) is 64.5 Å². The van der Waals surface area contributed by atoms with Gasteiger partial charge in [-0.25, -0.2) is 8.42 Å². The summed E-state index contributed by atoms with van der Waals surface area (Å²) in [6.45, 7) is 2.24. The van der Waals surface area contributed by atoms with E-state index in [0.717, 1.165) is 35.7 Å². The number of aromatic nitrogens is 1. The van der Waals surface area contributed by atoms with E-state index in [1.807, 2.05) is 41.3 Å². The van der Waals surface area contributed by atoms with E-state index in [4.69, 9.17) is 0 Å². The first kappa shape index (κ1) is 22.9. The highest BCUT2D eigenvalue weighted by Gasteiger charge is 2.26. The molecule has 8 heteroatoms. The van der Waals surface area contributed by atoms with E-state index in [9.17, 15) is 13.2 Å². The fraction of sp³-hybridized carbons (Fsp3) is 0.375. The molecule has 1 aromatic heterocycles. The number of piperidine rings is 1. The van der Waals surface area contributed by atoms with E-state index in [1.165, 1.54) is 4.90 Å². The third kappa shape index (κ3) is 5.19. The minimum Gasteiger partial charge on any atom is -0.352 e. The van der Waals surface area contributed by atoms with Crippen LogP contribution in [-0.4, -0.2) is 42.5 Å². The summed E-state index contributed by atoms with van der Waals surface area (Å²) < 4.78 is 29.5. The lowest BCUT2D eigenvalue weighted by atomic mass is 10.2. The number of benzene rings is 2. The second-order valence-corrected chi connectivity index (χ2v) is 10.9.